The second-order valence-electron chi connectivity index (χ2n) is 3.89. The van der Waals surface area contributed by atoms with Gasteiger partial charge in [0.1, 0.15) is 0 Å². The molecule has 0 atom stereocenters. The molecule has 0 saturated carbocycles. The lowest BCUT2D eigenvalue weighted by Crippen LogP contribution is -2.12. The fraction of sp³-hybridized carbons (Fsp3) is 0. The van der Waals surface area contributed by atoms with Gasteiger partial charge in [0.2, 0.25) is 0 Å². The van der Waals surface area contributed by atoms with Crippen LogP contribution in [-0.4, -0.2) is 10.8 Å². The highest BCUT2D eigenvalue weighted by Crippen LogP contribution is 2.27. The van der Waals surface area contributed by atoms with Crippen LogP contribution >= 0.6 is 31.9 Å². The van der Waals surface area contributed by atoms with Crippen LogP contribution in [0.2, 0.25) is 0 Å². The van der Waals surface area contributed by atoms with Gasteiger partial charge in [0, 0.05) is 26.6 Å². The van der Waals surface area contributed by atoms with Crippen molar-refractivity contribution >= 4 is 49.1 Å². The van der Waals surface area contributed by atoms with Crippen LogP contribution in [0, 0.1) is 10.1 Å². The van der Waals surface area contributed by atoms with E-state index in [1.807, 2.05) is 6.07 Å². The Morgan fingerprint density at radius 1 is 1.15 bits per heavy atom. The van der Waals surface area contributed by atoms with Crippen molar-refractivity contribution in [3.8, 4) is 0 Å². The van der Waals surface area contributed by atoms with E-state index in [1.165, 1.54) is 18.2 Å². The molecule has 2 aromatic rings. The minimum absolute atomic E-state index is 0.0441. The number of carbonyl (C=O) groups is 1. The monoisotopic (exact) mass is 398 g/mol. The molecule has 0 heterocycles. The Kier molecular flexibility index (Phi) is 4.51. The van der Waals surface area contributed by atoms with E-state index in [1.54, 1.807) is 18.2 Å². The summed E-state index contributed by atoms with van der Waals surface area (Å²) in [7, 11) is 0. The van der Waals surface area contributed by atoms with Gasteiger partial charge in [-0.1, -0.05) is 22.0 Å². The van der Waals surface area contributed by atoms with Crippen molar-refractivity contribution in [2.24, 2.45) is 0 Å². The molecule has 20 heavy (non-hydrogen) atoms. The third-order valence-corrected chi connectivity index (χ3v) is 3.65. The van der Waals surface area contributed by atoms with Crippen LogP contribution in [0.1, 0.15) is 10.4 Å². The number of hydrogen-bond acceptors (Lipinski definition) is 3. The Labute approximate surface area is 131 Å². The maximum absolute atomic E-state index is 12.1. The summed E-state index contributed by atoms with van der Waals surface area (Å²) in [5, 5.41) is 13.3. The van der Waals surface area contributed by atoms with Crippen molar-refractivity contribution in [1.29, 1.82) is 0 Å². The number of halogens is 2. The lowest BCUT2D eigenvalue weighted by atomic mass is 10.2. The summed E-state index contributed by atoms with van der Waals surface area (Å²) >= 11 is 6.49. The molecule has 0 aliphatic heterocycles. The third kappa shape index (κ3) is 3.43. The van der Waals surface area contributed by atoms with E-state index in [2.05, 4.69) is 37.2 Å². The van der Waals surface area contributed by atoms with Crippen molar-refractivity contribution in [3.05, 3.63) is 67.1 Å². The second-order valence-corrected chi connectivity index (χ2v) is 5.66. The molecule has 7 heteroatoms. The molecular weight excluding hydrogens is 392 g/mol. The summed E-state index contributed by atoms with van der Waals surface area (Å²) in [6.07, 6.45) is 0. The summed E-state index contributed by atoms with van der Waals surface area (Å²) in [4.78, 5) is 22.2. The zero-order chi connectivity index (χ0) is 14.7. The van der Waals surface area contributed by atoms with Crippen LogP contribution in [0.4, 0.5) is 11.4 Å². The van der Waals surface area contributed by atoms with E-state index in [4.69, 9.17) is 0 Å². The summed E-state index contributed by atoms with van der Waals surface area (Å²) in [6, 6.07) is 11.1. The first-order valence-corrected chi connectivity index (χ1v) is 7.07. The molecule has 5 nitrogen and oxygen atoms in total. The molecule has 0 saturated heterocycles. The van der Waals surface area contributed by atoms with Crippen LogP contribution in [0.5, 0.6) is 0 Å². The summed E-state index contributed by atoms with van der Waals surface area (Å²) in [6.45, 7) is 0. The van der Waals surface area contributed by atoms with Crippen LogP contribution < -0.4 is 5.32 Å². The predicted molar refractivity (Wildman–Crippen MR) is 82.9 cm³/mol. The van der Waals surface area contributed by atoms with Crippen molar-refractivity contribution in [2.75, 3.05) is 5.32 Å². The summed E-state index contributed by atoms with van der Waals surface area (Å²) in [5.74, 6) is -0.291. The van der Waals surface area contributed by atoms with Gasteiger partial charge in [0.05, 0.1) is 10.6 Å². The number of benzene rings is 2. The third-order valence-electron chi connectivity index (χ3n) is 2.50. The predicted octanol–water partition coefficient (Wildman–Crippen LogP) is 4.37. The van der Waals surface area contributed by atoms with Crippen molar-refractivity contribution in [3.63, 3.8) is 0 Å². The van der Waals surface area contributed by atoms with Crippen molar-refractivity contribution < 1.29 is 9.72 Å². The lowest BCUT2D eigenvalue weighted by molar-refractivity contribution is -0.384. The molecular formula is C13H8Br2N2O3. The first kappa shape index (κ1) is 14.7. The van der Waals surface area contributed by atoms with Gasteiger partial charge in [0.25, 0.3) is 11.6 Å². The second kappa shape index (κ2) is 6.15. The Morgan fingerprint density at radius 2 is 1.90 bits per heavy atom. The molecule has 0 aliphatic rings. The molecule has 0 fully saturated rings. The molecule has 0 aliphatic carbocycles. The number of non-ortho nitro benzene ring substituents is 1. The van der Waals surface area contributed by atoms with E-state index >= 15 is 0 Å². The number of rotatable bonds is 3. The number of nitro benzene ring substituents is 1. The molecule has 1 N–H and O–H groups in total. The molecule has 2 aromatic carbocycles. The number of nitro groups is 1. The Morgan fingerprint density at radius 3 is 2.50 bits per heavy atom. The number of nitrogens with zero attached hydrogens (tertiary/aromatic N) is 1. The molecule has 2 rings (SSSR count). The summed E-state index contributed by atoms with van der Waals surface area (Å²) in [5.41, 5.74) is 0.919. The number of carbonyl (C=O) groups excluding carboxylic acids is 1. The molecule has 0 unspecified atom stereocenters. The normalized spacial score (nSPS) is 10.1. The lowest BCUT2D eigenvalue weighted by Gasteiger charge is -2.07. The molecule has 0 radical (unpaired) electrons. The average molecular weight is 400 g/mol. The van der Waals surface area contributed by atoms with Gasteiger partial charge in [-0.15, -0.1) is 0 Å². The van der Waals surface area contributed by atoms with E-state index < -0.39 is 4.92 Å². The molecule has 0 bridgehead atoms. The van der Waals surface area contributed by atoms with Gasteiger partial charge in [0.15, 0.2) is 0 Å². The minimum Gasteiger partial charge on any atom is -0.321 e. The first-order valence-electron chi connectivity index (χ1n) is 5.48. The van der Waals surface area contributed by atoms with Gasteiger partial charge in [-0.25, -0.2) is 0 Å². The summed E-state index contributed by atoms with van der Waals surface area (Å²) < 4.78 is 1.25. The smallest absolute Gasteiger partial charge is 0.270 e. The Balaban J connectivity index is 2.22. The quantitative estimate of drug-likeness (QED) is 0.615. The number of nitrogens with one attached hydrogen (secondary N) is 1. The van der Waals surface area contributed by atoms with E-state index in [9.17, 15) is 14.9 Å². The zero-order valence-corrected chi connectivity index (χ0v) is 13.1. The topological polar surface area (TPSA) is 72.2 Å². The van der Waals surface area contributed by atoms with Crippen LogP contribution in [0.15, 0.2) is 51.4 Å². The fourth-order valence-corrected chi connectivity index (χ4v) is 2.41. The highest BCUT2D eigenvalue weighted by atomic mass is 79.9. The SMILES string of the molecule is O=C(Nc1ccc([N+](=O)[O-])cc1Br)c1cccc(Br)c1. The average Bonchev–Trinajstić information content (AvgIpc) is 2.40. The largest absolute Gasteiger partial charge is 0.321 e. The molecule has 1 amide bonds. The Hall–Kier alpha value is -1.73. The highest BCUT2D eigenvalue weighted by Gasteiger charge is 2.12. The standard InChI is InChI=1S/C13H8Br2N2O3/c14-9-3-1-2-8(6-9)13(18)16-12-5-4-10(17(19)20)7-11(12)15/h1-7H,(H,16,18). The van der Waals surface area contributed by atoms with Crippen molar-refractivity contribution in [1.82, 2.24) is 0 Å². The highest BCUT2D eigenvalue weighted by molar-refractivity contribution is 9.10. The van der Waals surface area contributed by atoms with E-state index in [0.29, 0.717) is 15.7 Å². The number of hydrogen-bond donors (Lipinski definition) is 1. The van der Waals surface area contributed by atoms with Crippen LogP contribution in [-0.2, 0) is 0 Å². The number of anilines is 1. The van der Waals surface area contributed by atoms with Crippen LogP contribution in [0.3, 0.4) is 0 Å². The van der Waals surface area contributed by atoms with Gasteiger partial charge in [-0.2, -0.15) is 0 Å². The maximum atomic E-state index is 12.1. The van der Waals surface area contributed by atoms with Crippen molar-refractivity contribution in [2.45, 2.75) is 0 Å². The van der Waals surface area contributed by atoms with E-state index in [0.717, 1.165) is 4.47 Å². The van der Waals surface area contributed by atoms with Gasteiger partial charge >= 0.3 is 0 Å². The molecule has 102 valence electrons. The first-order chi connectivity index (χ1) is 9.47. The Bertz CT molecular complexity index is 689. The molecule has 0 spiro atoms. The number of amides is 1. The van der Waals surface area contributed by atoms with E-state index in [-0.39, 0.29) is 11.6 Å². The van der Waals surface area contributed by atoms with Gasteiger partial charge in [-0.05, 0) is 40.2 Å². The minimum atomic E-state index is -0.495. The zero-order valence-electron chi connectivity index (χ0n) is 9.97. The van der Waals surface area contributed by atoms with Gasteiger partial charge in [-0.3, -0.25) is 14.9 Å². The molecule has 0 aromatic heterocycles. The fourth-order valence-electron chi connectivity index (χ4n) is 1.54. The van der Waals surface area contributed by atoms with Gasteiger partial charge < -0.3 is 5.32 Å². The maximum Gasteiger partial charge on any atom is 0.270 e. The van der Waals surface area contributed by atoms with Crippen LogP contribution in [0.25, 0.3) is 0 Å².